The number of nitrogens with two attached hydrogens (primary N) is 1. The second-order valence-corrected chi connectivity index (χ2v) is 3.97. The summed E-state index contributed by atoms with van der Waals surface area (Å²) in [5.74, 6) is 2.59. The van der Waals surface area contributed by atoms with Crippen LogP contribution in [0.5, 0.6) is 0 Å². The predicted molar refractivity (Wildman–Crippen MR) is 59.1 cm³/mol. The first kappa shape index (κ1) is 11.3. The van der Waals surface area contributed by atoms with Crippen LogP contribution in [0.1, 0.15) is 50.7 Å². The Morgan fingerprint density at radius 1 is 1.29 bits per heavy atom. The lowest BCUT2D eigenvalue weighted by atomic mass is 9.94. The Morgan fingerprint density at radius 3 is 2.36 bits per heavy atom. The molecule has 14 heavy (non-hydrogen) atoms. The standard InChI is InChI=1S/C12H21NO/c1-4-10(5-2)8-11(13)12-7-6-9(3)14-12/h6-7,10-11H,4-5,8,13H2,1-3H3/t11-/m0/s1. The third-order valence-corrected chi connectivity index (χ3v) is 2.87. The number of aryl methyl sites for hydroxylation is 1. The molecule has 0 amide bonds. The van der Waals surface area contributed by atoms with Crippen molar-refractivity contribution in [3.63, 3.8) is 0 Å². The molecular formula is C12H21NO. The van der Waals surface area contributed by atoms with Crippen LogP contribution in [0.2, 0.25) is 0 Å². The highest BCUT2D eigenvalue weighted by atomic mass is 16.3. The zero-order valence-electron chi connectivity index (χ0n) is 9.42. The molecule has 0 radical (unpaired) electrons. The number of hydrogen-bond acceptors (Lipinski definition) is 2. The van der Waals surface area contributed by atoms with Gasteiger partial charge in [-0.15, -0.1) is 0 Å². The summed E-state index contributed by atoms with van der Waals surface area (Å²) in [7, 11) is 0. The van der Waals surface area contributed by atoms with E-state index in [1.807, 2.05) is 19.1 Å². The summed E-state index contributed by atoms with van der Waals surface area (Å²) in [6, 6.07) is 4.03. The van der Waals surface area contributed by atoms with Crippen LogP contribution in [-0.2, 0) is 0 Å². The minimum atomic E-state index is 0.0635. The molecule has 2 heteroatoms. The molecule has 1 aromatic rings. The van der Waals surface area contributed by atoms with Crippen molar-refractivity contribution in [3.05, 3.63) is 23.7 Å². The van der Waals surface area contributed by atoms with Gasteiger partial charge < -0.3 is 10.2 Å². The molecule has 0 saturated heterocycles. The average Bonchev–Trinajstić information content (AvgIpc) is 2.61. The van der Waals surface area contributed by atoms with Crippen LogP contribution < -0.4 is 5.73 Å². The van der Waals surface area contributed by atoms with Gasteiger partial charge in [-0.1, -0.05) is 26.7 Å². The summed E-state index contributed by atoms with van der Waals surface area (Å²) in [6.45, 7) is 6.38. The van der Waals surface area contributed by atoms with Crippen molar-refractivity contribution >= 4 is 0 Å². The van der Waals surface area contributed by atoms with Crippen LogP contribution in [0, 0.1) is 12.8 Å². The lowest BCUT2D eigenvalue weighted by Gasteiger charge is -2.16. The van der Waals surface area contributed by atoms with Crippen molar-refractivity contribution in [2.24, 2.45) is 11.7 Å². The Balaban J connectivity index is 2.53. The van der Waals surface area contributed by atoms with Crippen LogP contribution in [0.25, 0.3) is 0 Å². The van der Waals surface area contributed by atoms with E-state index in [1.54, 1.807) is 0 Å². The molecule has 1 aromatic heterocycles. The van der Waals surface area contributed by atoms with Crippen molar-refractivity contribution in [1.29, 1.82) is 0 Å². The smallest absolute Gasteiger partial charge is 0.120 e. The van der Waals surface area contributed by atoms with Crippen molar-refractivity contribution in [3.8, 4) is 0 Å². The molecule has 0 unspecified atom stereocenters. The predicted octanol–water partition coefficient (Wildman–Crippen LogP) is 3.41. The van der Waals surface area contributed by atoms with E-state index in [-0.39, 0.29) is 6.04 Å². The second-order valence-electron chi connectivity index (χ2n) is 3.97. The molecule has 0 aliphatic rings. The lowest BCUT2D eigenvalue weighted by molar-refractivity contribution is 0.366. The van der Waals surface area contributed by atoms with Gasteiger partial charge in [0.25, 0.3) is 0 Å². The van der Waals surface area contributed by atoms with E-state index in [0.717, 1.165) is 23.9 Å². The second kappa shape index (κ2) is 5.20. The van der Waals surface area contributed by atoms with E-state index in [2.05, 4.69) is 13.8 Å². The molecule has 0 aliphatic carbocycles. The molecule has 2 N–H and O–H groups in total. The molecule has 0 fully saturated rings. The zero-order valence-corrected chi connectivity index (χ0v) is 9.42. The Bertz CT molecular complexity index is 263. The van der Waals surface area contributed by atoms with Crippen LogP contribution in [0.4, 0.5) is 0 Å². The van der Waals surface area contributed by atoms with Crippen molar-refractivity contribution in [1.82, 2.24) is 0 Å². The molecular weight excluding hydrogens is 174 g/mol. The van der Waals surface area contributed by atoms with Crippen LogP contribution in [0.15, 0.2) is 16.5 Å². The Kier molecular flexibility index (Phi) is 4.21. The lowest BCUT2D eigenvalue weighted by Crippen LogP contribution is -2.14. The van der Waals surface area contributed by atoms with Crippen LogP contribution >= 0.6 is 0 Å². The summed E-state index contributed by atoms with van der Waals surface area (Å²) < 4.78 is 5.51. The summed E-state index contributed by atoms with van der Waals surface area (Å²) >= 11 is 0. The summed E-state index contributed by atoms with van der Waals surface area (Å²) in [4.78, 5) is 0. The Labute approximate surface area is 86.5 Å². The van der Waals surface area contributed by atoms with Crippen LogP contribution in [-0.4, -0.2) is 0 Å². The highest BCUT2D eigenvalue weighted by molar-refractivity contribution is 5.09. The molecule has 80 valence electrons. The normalized spacial score (nSPS) is 13.5. The number of hydrogen-bond donors (Lipinski definition) is 1. The maximum Gasteiger partial charge on any atom is 0.120 e. The van der Waals surface area contributed by atoms with E-state index in [0.29, 0.717) is 0 Å². The van der Waals surface area contributed by atoms with Crippen molar-refractivity contribution in [2.75, 3.05) is 0 Å². The summed E-state index contributed by atoms with van der Waals surface area (Å²) in [5.41, 5.74) is 6.07. The first-order valence-electron chi connectivity index (χ1n) is 5.49. The minimum absolute atomic E-state index is 0.0635. The van der Waals surface area contributed by atoms with Gasteiger partial charge in [-0.25, -0.2) is 0 Å². The fraction of sp³-hybridized carbons (Fsp3) is 0.667. The molecule has 1 rings (SSSR count). The molecule has 0 aromatic carbocycles. The SMILES string of the molecule is CCC(CC)C[C@H](N)c1ccc(C)o1. The van der Waals surface area contributed by atoms with Gasteiger partial charge in [0.15, 0.2) is 0 Å². The largest absolute Gasteiger partial charge is 0.465 e. The third kappa shape index (κ3) is 2.88. The van der Waals surface area contributed by atoms with Crippen LogP contribution in [0.3, 0.4) is 0 Å². The van der Waals surface area contributed by atoms with E-state index in [4.69, 9.17) is 10.2 Å². The van der Waals surface area contributed by atoms with Gasteiger partial charge in [-0.2, -0.15) is 0 Å². The fourth-order valence-corrected chi connectivity index (χ4v) is 1.75. The summed E-state index contributed by atoms with van der Waals surface area (Å²) in [5, 5.41) is 0. The maximum atomic E-state index is 6.07. The number of rotatable bonds is 5. The van der Waals surface area contributed by atoms with Gasteiger partial charge in [-0.05, 0) is 31.4 Å². The van der Waals surface area contributed by atoms with Gasteiger partial charge in [0.1, 0.15) is 11.5 Å². The maximum absolute atomic E-state index is 6.07. The molecule has 0 aliphatic heterocycles. The van der Waals surface area contributed by atoms with E-state index in [9.17, 15) is 0 Å². The number of furan rings is 1. The van der Waals surface area contributed by atoms with Gasteiger partial charge in [0.05, 0.1) is 6.04 Å². The Hall–Kier alpha value is -0.760. The monoisotopic (exact) mass is 195 g/mol. The topological polar surface area (TPSA) is 39.2 Å². The highest BCUT2D eigenvalue weighted by Crippen LogP contribution is 2.24. The average molecular weight is 195 g/mol. The first-order chi connectivity index (χ1) is 6.67. The highest BCUT2D eigenvalue weighted by Gasteiger charge is 2.14. The minimum Gasteiger partial charge on any atom is -0.465 e. The van der Waals surface area contributed by atoms with Gasteiger partial charge in [0.2, 0.25) is 0 Å². The Morgan fingerprint density at radius 2 is 1.93 bits per heavy atom. The molecule has 1 heterocycles. The quantitative estimate of drug-likeness (QED) is 0.782. The molecule has 2 nitrogen and oxygen atoms in total. The zero-order chi connectivity index (χ0) is 10.6. The molecule has 0 spiro atoms. The summed E-state index contributed by atoms with van der Waals surface area (Å²) in [6.07, 6.45) is 3.42. The van der Waals surface area contributed by atoms with E-state index in [1.165, 1.54) is 12.8 Å². The van der Waals surface area contributed by atoms with Crippen molar-refractivity contribution in [2.45, 2.75) is 46.1 Å². The fourth-order valence-electron chi connectivity index (χ4n) is 1.75. The molecule has 0 bridgehead atoms. The molecule has 0 saturated carbocycles. The van der Waals surface area contributed by atoms with Gasteiger partial charge in [-0.3, -0.25) is 0 Å². The van der Waals surface area contributed by atoms with Gasteiger partial charge in [0, 0.05) is 0 Å². The molecule has 1 atom stereocenters. The third-order valence-electron chi connectivity index (χ3n) is 2.87. The van der Waals surface area contributed by atoms with Crippen molar-refractivity contribution < 1.29 is 4.42 Å². The van der Waals surface area contributed by atoms with E-state index >= 15 is 0 Å². The first-order valence-corrected chi connectivity index (χ1v) is 5.49. The van der Waals surface area contributed by atoms with Gasteiger partial charge >= 0.3 is 0 Å². The van der Waals surface area contributed by atoms with E-state index < -0.39 is 0 Å².